The number of carbonyl (C=O) groups is 1. The van der Waals surface area contributed by atoms with Crippen LogP contribution in [-0.4, -0.2) is 26.4 Å². The van der Waals surface area contributed by atoms with Crippen molar-refractivity contribution in [3.05, 3.63) is 65.4 Å². The lowest BCUT2D eigenvalue weighted by Gasteiger charge is -2.15. The summed E-state index contributed by atoms with van der Waals surface area (Å²) in [4.78, 5) is 12.2. The molecule has 0 aliphatic heterocycles. The first-order valence-electron chi connectivity index (χ1n) is 8.90. The van der Waals surface area contributed by atoms with Gasteiger partial charge in [-0.05, 0) is 38.1 Å². The number of nitrogens with zero attached hydrogens (tertiary/aromatic N) is 3. The minimum atomic E-state index is -0.263. The predicted octanol–water partition coefficient (Wildman–Crippen LogP) is 4.82. The number of carbonyl (C=O) groups excluding carboxylic acids is 1. The molecule has 0 aliphatic carbocycles. The Morgan fingerprint density at radius 3 is 2.61 bits per heavy atom. The highest BCUT2D eigenvalue weighted by atomic mass is 35.5. The van der Waals surface area contributed by atoms with Gasteiger partial charge >= 0.3 is 0 Å². The number of hydrogen-bond donors (Lipinski definition) is 1. The molecular weight excluding hydrogens is 396 g/mol. The zero-order valence-corrected chi connectivity index (χ0v) is 17.2. The van der Waals surface area contributed by atoms with E-state index in [1.807, 2.05) is 60.9 Å². The van der Waals surface area contributed by atoms with Crippen LogP contribution in [0.3, 0.4) is 0 Å². The normalized spacial score (nSPS) is 11.8. The second kappa shape index (κ2) is 9.61. The highest BCUT2D eigenvalue weighted by Crippen LogP contribution is 2.25. The first kappa shape index (κ1) is 20.2. The van der Waals surface area contributed by atoms with Crippen molar-refractivity contribution in [1.29, 1.82) is 0 Å². The number of amides is 1. The molecule has 0 aliphatic rings. The van der Waals surface area contributed by atoms with Crippen molar-refractivity contribution >= 4 is 35.0 Å². The number of thioether (sulfide) groups is 1. The molecule has 0 bridgehead atoms. The SMILES string of the molecule is CCn1c(SCC(=O)Nc2ccccc2Cl)nnc1[C@@H](C)Oc1ccccc1. The van der Waals surface area contributed by atoms with Crippen molar-refractivity contribution in [1.82, 2.24) is 14.8 Å². The van der Waals surface area contributed by atoms with Gasteiger partial charge in [-0.2, -0.15) is 0 Å². The zero-order chi connectivity index (χ0) is 19.9. The van der Waals surface area contributed by atoms with E-state index in [1.54, 1.807) is 12.1 Å². The summed E-state index contributed by atoms with van der Waals surface area (Å²) in [5, 5.41) is 12.5. The maximum absolute atomic E-state index is 12.2. The van der Waals surface area contributed by atoms with E-state index in [2.05, 4.69) is 15.5 Å². The minimum absolute atomic E-state index is 0.154. The highest BCUT2D eigenvalue weighted by Gasteiger charge is 2.19. The number of para-hydroxylation sites is 2. The molecular formula is C20H21ClN4O2S. The predicted molar refractivity (Wildman–Crippen MR) is 112 cm³/mol. The van der Waals surface area contributed by atoms with Crippen LogP contribution in [-0.2, 0) is 11.3 Å². The standard InChI is InChI=1S/C20H21ClN4O2S/c1-3-25-19(14(2)27-15-9-5-4-6-10-15)23-24-20(25)28-13-18(26)22-17-12-8-7-11-16(17)21/h4-12,14H,3,13H2,1-2H3,(H,22,26)/t14-/m1/s1. The molecule has 28 heavy (non-hydrogen) atoms. The number of ether oxygens (including phenoxy) is 1. The molecule has 8 heteroatoms. The molecule has 1 aromatic heterocycles. The fourth-order valence-electron chi connectivity index (χ4n) is 2.64. The van der Waals surface area contributed by atoms with Gasteiger partial charge < -0.3 is 14.6 Å². The van der Waals surface area contributed by atoms with Gasteiger partial charge in [0.1, 0.15) is 5.75 Å². The molecule has 1 atom stereocenters. The highest BCUT2D eigenvalue weighted by molar-refractivity contribution is 7.99. The molecule has 0 radical (unpaired) electrons. The van der Waals surface area contributed by atoms with E-state index in [4.69, 9.17) is 16.3 Å². The lowest BCUT2D eigenvalue weighted by molar-refractivity contribution is -0.113. The van der Waals surface area contributed by atoms with Gasteiger partial charge in [-0.1, -0.05) is 53.7 Å². The quantitative estimate of drug-likeness (QED) is 0.533. The van der Waals surface area contributed by atoms with E-state index in [-0.39, 0.29) is 17.8 Å². The summed E-state index contributed by atoms with van der Waals surface area (Å²) < 4.78 is 7.91. The average molecular weight is 417 g/mol. The molecule has 3 rings (SSSR count). The summed E-state index contributed by atoms with van der Waals surface area (Å²) in [6.07, 6.45) is -0.263. The molecule has 1 N–H and O–H groups in total. The number of rotatable bonds is 8. The topological polar surface area (TPSA) is 69.0 Å². The van der Waals surface area contributed by atoms with E-state index in [1.165, 1.54) is 11.8 Å². The number of aromatic nitrogens is 3. The Morgan fingerprint density at radius 2 is 1.89 bits per heavy atom. The maximum atomic E-state index is 12.2. The van der Waals surface area contributed by atoms with Crippen LogP contribution in [0.15, 0.2) is 59.8 Å². The lowest BCUT2D eigenvalue weighted by atomic mass is 10.3. The number of anilines is 1. The first-order valence-corrected chi connectivity index (χ1v) is 10.3. The molecule has 2 aromatic carbocycles. The summed E-state index contributed by atoms with van der Waals surface area (Å²) in [5.41, 5.74) is 0.595. The van der Waals surface area contributed by atoms with E-state index >= 15 is 0 Å². The second-order valence-electron chi connectivity index (χ2n) is 5.97. The largest absolute Gasteiger partial charge is 0.483 e. The van der Waals surface area contributed by atoms with Crippen LogP contribution in [0.2, 0.25) is 5.02 Å². The van der Waals surface area contributed by atoms with Crippen LogP contribution in [0.1, 0.15) is 25.8 Å². The number of benzene rings is 2. The van der Waals surface area contributed by atoms with Crippen LogP contribution < -0.4 is 10.1 Å². The summed E-state index contributed by atoms with van der Waals surface area (Å²) >= 11 is 7.40. The molecule has 0 spiro atoms. The number of halogens is 1. The van der Waals surface area contributed by atoms with Gasteiger partial charge in [-0.25, -0.2) is 0 Å². The zero-order valence-electron chi connectivity index (χ0n) is 15.6. The van der Waals surface area contributed by atoms with Gasteiger partial charge in [0.2, 0.25) is 5.91 Å². The van der Waals surface area contributed by atoms with Crippen LogP contribution in [0, 0.1) is 0 Å². The number of nitrogens with one attached hydrogen (secondary N) is 1. The molecule has 0 unspecified atom stereocenters. The molecule has 3 aromatic rings. The van der Waals surface area contributed by atoms with Gasteiger partial charge in [-0.15, -0.1) is 10.2 Å². The Kier molecular flexibility index (Phi) is 6.95. The lowest BCUT2D eigenvalue weighted by Crippen LogP contribution is -2.15. The molecule has 1 heterocycles. The van der Waals surface area contributed by atoms with Crippen LogP contribution in [0.4, 0.5) is 5.69 Å². The van der Waals surface area contributed by atoms with Gasteiger partial charge in [-0.3, -0.25) is 4.79 Å². The summed E-state index contributed by atoms with van der Waals surface area (Å²) in [7, 11) is 0. The van der Waals surface area contributed by atoms with Crippen LogP contribution in [0.5, 0.6) is 5.75 Å². The Bertz CT molecular complexity index is 933. The molecule has 1 amide bonds. The molecule has 0 fully saturated rings. The third kappa shape index (κ3) is 5.05. The van der Waals surface area contributed by atoms with Gasteiger partial charge in [0.05, 0.1) is 16.5 Å². The van der Waals surface area contributed by atoms with Crippen molar-refractivity contribution in [3.8, 4) is 5.75 Å². The number of hydrogen-bond acceptors (Lipinski definition) is 5. The fraction of sp³-hybridized carbons (Fsp3) is 0.250. The molecule has 0 saturated heterocycles. The fourth-order valence-corrected chi connectivity index (χ4v) is 3.63. The van der Waals surface area contributed by atoms with E-state index in [0.717, 1.165) is 11.6 Å². The van der Waals surface area contributed by atoms with Crippen molar-refractivity contribution in [3.63, 3.8) is 0 Å². The van der Waals surface area contributed by atoms with Crippen molar-refractivity contribution in [2.24, 2.45) is 0 Å². The third-order valence-corrected chi connectivity index (χ3v) is 5.26. The van der Waals surface area contributed by atoms with Crippen molar-refractivity contribution < 1.29 is 9.53 Å². The minimum Gasteiger partial charge on any atom is -0.483 e. The monoisotopic (exact) mass is 416 g/mol. The summed E-state index contributed by atoms with van der Waals surface area (Å²) in [6.45, 7) is 4.62. The van der Waals surface area contributed by atoms with Crippen molar-refractivity contribution in [2.75, 3.05) is 11.1 Å². The second-order valence-corrected chi connectivity index (χ2v) is 7.32. The Labute approximate surface area is 173 Å². The molecule has 146 valence electrons. The average Bonchev–Trinajstić information content (AvgIpc) is 3.12. The Balaban J connectivity index is 1.63. The summed E-state index contributed by atoms with van der Waals surface area (Å²) in [5.74, 6) is 1.55. The molecule has 6 nitrogen and oxygen atoms in total. The maximum Gasteiger partial charge on any atom is 0.234 e. The molecule has 0 saturated carbocycles. The Hall–Kier alpha value is -2.51. The van der Waals surface area contributed by atoms with E-state index in [9.17, 15) is 4.79 Å². The van der Waals surface area contributed by atoms with Crippen LogP contribution in [0.25, 0.3) is 0 Å². The first-order chi connectivity index (χ1) is 13.6. The van der Waals surface area contributed by atoms with Gasteiger partial charge in [0.25, 0.3) is 0 Å². The third-order valence-electron chi connectivity index (χ3n) is 3.96. The smallest absolute Gasteiger partial charge is 0.234 e. The van der Waals surface area contributed by atoms with Gasteiger partial charge in [0, 0.05) is 6.54 Å². The Morgan fingerprint density at radius 1 is 1.18 bits per heavy atom. The van der Waals surface area contributed by atoms with E-state index < -0.39 is 0 Å². The van der Waals surface area contributed by atoms with Crippen LogP contribution >= 0.6 is 23.4 Å². The van der Waals surface area contributed by atoms with Gasteiger partial charge in [0.15, 0.2) is 17.1 Å². The summed E-state index contributed by atoms with van der Waals surface area (Å²) in [6, 6.07) is 16.7. The van der Waals surface area contributed by atoms with E-state index in [0.29, 0.717) is 22.4 Å². The van der Waals surface area contributed by atoms with Crippen molar-refractivity contribution in [2.45, 2.75) is 31.7 Å².